The maximum Gasteiger partial charge on any atom is 0.251 e. The van der Waals surface area contributed by atoms with Gasteiger partial charge in [-0.3, -0.25) is 9.89 Å². The zero-order valence-corrected chi connectivity index (χ0v) is 18.8. The molecule has 4 aromatic rings. The summed E-state index contributed by atoms with van der Waals surface area (Å²) in [6.07, 6.45) is 0. The highest BCUT2D eigenvalue weighted by Crippen LogP contribution is 2.26. The lowest BCUT2D eigenvalue weighted by Gasteiger charge is -2.23. The topological polar surface area (TPSA) is 70.2 Å². The average Bonchev–Trinajstić information content (AvgIpc) is 3.18. The van der Waals surface area contributed by atoms with Crippen molar-refractivity contribution in [3.63, 3.8) is 0 Å². The minimum absolute atomic E-state index is 0.109. The number of nitrogens with zero attached hydrogens (tertiary/aromatic N) is 2. The maximum atomic E-state index is 13.2. The molecule has 1 amide bonds. The molecule has 6 nitrogen and oxygen atoms in total. The van der Waals surface area contributed by atoms with Crippen molar-refractivity contribution in [3.8, 4) is 16.9 Å². The predicted molar refractivity (Wildman–Crippen MR) is 128 cm³/mol. The van der Waals surface area contributed by atoms with E-state index in [0.717, 1.165) is 39.0 Å². The molecule has 0 saturated carbocycles. The van der Waals surface area contributed by atoms with E-state index >= 15 is 0 Å². The van der Waals surface area contributed by atoms with Crippen molar-refractivity contribution in [1.82, 2.24) is 20.4 Å². The van der Waals surface area contributed by atoms with Crippen LogP contribution in [0.25, 0.3) is 22.0 Å². The quantitative estimate of drug-likeness (QED) is 0.452. The average molecular weight is 429 g/mol. The van der Waals surface area contributed by atoms with Gasteiger partial charge in [0, 0.05) is 17.5 Å². The molecule has 164 valence electrons. The van der Waals surface area contributed by atoms with Gasteiger partial charge in [-0.1, -0.05) is 30.3 Å². The molecule has 2 N–H and O–H groups in total. The van der Waals surface area contributed by atoms with Gasteiger partial charge in [0.2, 0.25) is 0 Å². The smallest absolute Gasteiger partial charge is 0.251 e. The van der Waals surface area contributed by atoms with Gasteiger partial charge in [0.1, 0.15) is 5.75 Å². The fourth-order valence-corrected chi connectivity index (χ4v) is 3.86. The van der Waals surface area contributed by atoms with Crippen LogP contribution in [0.3, 0.4) is 0 Å². The summed E-state index contributed by atoms with van der Waals surface area (Å²) in [5, 5.41) is 11.6. The highest BCUT2D eigenvalue weighted by Gasteiger charge is 2.18. The normalized spacial score (nSPS) is 12.2. The third-order valence-corrected chi connectivity index (χ3v) is 5.56. The third kappa shape index (κ3) is 4.65. The Kier molecular flexibility index (Phi) is 6.23. The molecule has 0 bridgehead atoms. The third-order valence-electron chi connectivity index (χ3n) is 5.56. The van der Waals surface area contributed by atoms with Crippen LogP contribution in [0, 0.1) is 6.92 Å². The summed E-state index contributed by atoms with van der Waals surface area (Å²) in [6, 6.07) is 21.5. The summed E-state index contributed by atoms with van der Waals surface area (Å²) in [5.41, 5.74) is 5.63. The second kappa shape index (κ2) is 9.24. The van der Waals surface area contributed by atoms with Crippen molar-refractivity contribution in [3.05, 3.63) is 83.6 Å². The Morgan fingerprint density at radius 1 is 1.06 bits per heavy atom. The number of aryl methyl sites for hydroxylation is 1. The standard InChI is InChI=1S/C26H28N4O2/c1-17-23-15-19(11-12-24(23)29-28-17)18-7-5-9-21(13-18)26(31)27-25(16-30(2)3)20-8-6-10-22(14-20)32-4/h5-15,25H,16H2,1-4H3,(H,27,31)(H,28,29)/t25-/m0/s1. The van der Waals surface area contributed by atoms with Crippen LogP contribution in [-0.2, 0) is 0 Å². The molecule has 0 aliphatic carbocycles. The summed E-state index contributed by atoms with van der Waals surface area (Å²) < 4.78 is 5.36. The highest BCUT2D eigenvalue weighted by atomic mass is 16.5. The van der Waals surface area contributed by atoms with Gasteiger partial charge in [0.25, 0.3) is 5.91 Å². The minimum atomic E-state index is -0.166. The number of carbonyl (C=O) groups excluding carboxylic acids is 1. The number of hydrogen-bond acceptors (Lipinski definition) is 4. The van der Waals surface area contributed by atoms with Crippen molar-refractivity contribution >= 4 is 16.8 Å². The van der Waals surface area contributed by atoms with E-state index < -0.39 is 0 Å². The molecule has 1 atom stereocenters. The first-order valence-electron chi connectivity index (χ1n) is 10.6. The summed E-state index contributed by atoms with van der Waals surface area (Å²) >= 11 is 0. The van der Waals surface area contributed by atoms with E-state index in [0.29, 0.717) is 12.1 Å². The van der Waals surface area contributed by atoms with Gasteiger partial charge in [0.15, 0.2) is 0 Å². The molecule has 0 aliphatic rings. The van der Waals surface area contributed by atoms with Crippen LogP contribution in [0.5, 0.6) is 5.75 Å². The monoisotopic (exact) mass is 428 g/mol. The highest BCUT2D eigenvalue weighted by molar-refractivity contribution is 5.96. The summed E-state index contributed by atoms with van der Waals surface area (Å²) in [6.45, 7) is 2.66. The number of rotatable bonds is 7. The minimum Gasteiger partial charge on any atom is -0.497 e. The van der Waals surface area contributed by atoms with E-state index in [-0.39, 0.29) is 11.9 Å². The lowest BCUT2D eigenvalue weighted by molar-refractivity contribution is 0.0930. The fourth-order valence-electron chi connectivity index (χ4n) is 3.86. The molecule has 0 unspecified atom stereocenters. The Bertz CT molecular complexity index is 1250. The largest absolute Gasteiger partial charge is 0.497 e. The SMILES string of the molecule is COc1cccc([C@H](CN(C)C)NC(=O)c2cccc(-c3ccc4[nH]nc(C)c4c3)c2)c1. The maximum absolute atomic E-state index is 13.2. The number of amides is 1. The van der Waals surface area contributed by atoms with Gasteiger partial charge in [-0.15, -0.1) is 0 Å². The number of likely N-dealkylation sites (N-methyl/N-ethyl adjacent to an activating group) is 1. The van der Waals surface area contributed by atoms with E-state index in [1.807, 2.05) is 81.7 Å². The van der Waals surface area contributed by atoms with Crippen LogP contribution in [0.4, 0.5) is 0 Å². The van der Waals surface area contributed by atoms with Gasteiger partial charge in [-0.05, 0) is 74.1 Å². The lowest BCUT2D eigenvalue weighted by atomic mass is 10.0. The molecule has 1 aromatic heterocycles. The van der Waals surface area contributed by atoms with Gasteiger partial charge in [-0.2, -0.15) is 5.10 Å². The first kappa shape index (κ1) is 21.6. The number of methoxy groups -OCH3 is 1. The number of hydrogen-bond donors (Lipinski definition) is 2. The number of nitrogens with one attached hydrogen (secondary N) is 2. The Morgan fingerprint density at radius 2 is 1.84 bits per heavy atom. The predicted octanol–water partition coefficient (Wildman–Crippen LogP) is 4.58. The van der Waals surface area contributed by atoms with Crippen LogP contribution >= 0.6 is 0 Å². The second-order valence-corrected chi connectivity index (χ2v) is 8.22. The molecule has 4 rings (SSSR count). The van der Waals surface area contributed by atoms with Gasteiger partial charge >= 0.3 is 0 Å². The number of fused-ring (bicyclic) bond motifs is 1. The number of aromatic amines is 1. The zero-order valence-electron chi connectivity index (χ0n) is 18.8. The molecule has 1 heterocycles. The number of aromatic nitrogens is 2. The van der Waals surface area contributed by atoms with Crippen LogP contribution < -0.4 is 10.1 Å². The molecule has 0 spiro atoms. The zero-order chi connectivity index (χ0) is 22.7. The van der Waals surface area contributed by atoms with Crippen molar-refractivity contribution in [1.29, 1.82) is 0 Å². The van der Waals surface area contributed by atoms with E-state index in [9.17, 15) is 4.79 Å². The Hall–Kier alpha value is -3.64. The van der Waals surface area contributed by atoms with Crippen LogP contribution in [0.15, 0.2) is 66.7 Å². The Balaban J connectivity index is 1.60. The lowest BCUT2D eigenvalue weighted by Crippen LogP contribution is -2.35. The molecular weight excluding hydrogens is 400 g/mol. The number of H-pyrrole nitrogens is 1. The molecule has 0 aliphatic heterocycles. The summed E-state index contributed by atoms with van der Waals surface area (Å²) in [5.74, 6) is 0.662. The molecule has 6 heteroatoms. The van der Waals surface area contributed by atoms with Crippen molar-refractivity contribution in [2.45, 2.75) is 13.0 Å². The van der Waals surface area contributed by atoms with E-state index in [4.69, 9.17) is 4.74 Å². The molecule has 0 fully saturated rings. The molecule has 0 radical (unpaired) electrons. The van der Waals surface area contributed by atoms with Crippen molar-refractivity contribution < 1.29 is 9.53 Å². The van der Waals surface area contributed by atoms with Crippen LogP contribution in [-0.4, -0.2) is 48.8 Å². The summed E-state index contributed by atoms with van der Waals surface area (Å²) in [4.78, 5) is 15.3. The Labute approximate surface area is 188 Å². The van der Waals surface area contributed by atoms with Crippen molar-refractivity contribution in [2.24, 2.45) is 0 Å². The fraction of sp³-hybridized carbons (Fsp3) is 0.231. The summed E-state index contributed by atoms with van der Waals surface area (Å²) in [7, 11) is 5.63. The molecule has 0 saturated heterocycles. The van der Waals surface area contributed by atoms with Gasteiger partial charge in [-0.25, -0.2) is 0 Å². The van der Waals surface area contributed by atoms with Gasteiger partial charge < -0.3 is 15.0 Å². The molecule has 32 heavy (non-hydrogen) atoms. The molecule has 3 aromatic carbocycles. The first-order chi connectivity index (χ1) is 15.4. The first-order valence-corrected chi connectivity index (χ1v) is 10.6. The van der Waals surface area contributed by atoms with E-state index in [2.05, 4.69) is 26.5 Å². The molecular formula is C26H28N4O2. The van der Waals surface area contributed by atoms with E-state index in [1.54, 1.807) is 7.11 Å². The van der Waals surface area contributed by atoms with E-state index in [1.165, 1.54) is 0 Å². The number of benzene rings is 3. The Morgan fingerprint density at radius 3 is 2.62 bits per heavy atom. The van der Waals surface area contributed by atoms with Crippen LogP contribution in [0.2, 0.25) is 0 Å². The second-order valence-electron chi connectivity index (χ2n) is 8.22. The van der Waals surface area contributed by atoms with Gasteiger partial charge in [0.05, 0.1) is 24.4 Å². The number of carbonyl (C=O) groups is 1. The van der Waals surface area contributed by atoms with Crippen molar-refractivity contribution in [2.75, 3.05) is 27.7 Å². The van der Waals surface area contributed by atoms with Crippen LogP contribution in [0.1, 0.15) is 27.7 Å². The number of ether oxygens (including phenoxy) is 1.